The van der Waals surface area contributed by atoms with Crippen LogP contribution in [0.5, 0.6) is 0 Å². The summed E-state index contributed by atoms with van der Waals surface area (Å²) < 4.78 is 5.17. The van der Waals surface area contributed by atoms with Crippen molar-refractivity contribution in [3.05, 3.63) is 0 Å². The lowest BCUT2D eigenvalue weighted by Crippen LogP contribution is -2.53. The molecule has 0 aromatic heterocycles. The third-order valence-corrected chi connectivity index (χ3v) is 4.49. The van der Waals surface area contributed by atoms with Crippen LogP contribution in [0.4, 0.5) is 0 Å². The van der Waals surface area contributed by atoms with Gasteiger partial charge in [-0.15, -0.1) is 0 Å². The molecule has 4 heteroatoms. The minimum absolute atomic E-state index is 0.241. The Bertz CT molecular complexity index is 338. The van der Waals surface area contributed by atoms with Crippen LogP contribution in [0.25, 0.3) is 0 Å². The first kappa shape index (κ1) is 12.6. The Kier molecular flexibility index (Phi) is 3.25. The summed E-state index contributed by atoms with van der Waals surface area (Å²) in [5.74, 6) is 0.194. The zero-order valence-corrected chi connectivity index (χ0v) is 10.4. The van der Waals surface area contributed by atoms with Crippen LogP contribution in [-0.4, -0.2) is 29.1 Å². The van der Waals surface area contributed by atoms with Crippen LogP contribution < -0.4 is 0 Å². The van der Waals surface area contributed by atoms with E-state index in [9.17, 15) is 14.7 Å². The summed E-state index contributed by atoms with van der Waals surface area (Å²) in [6.07, 6.45) is 2.29. The lowest BCUT2D eigenvalue weighted by atomic mass is 9.58. The molecule has 17 heavy (non-hydrogen) atoms. The Labute approximate surface area is 101 Å². The van der Waals surface area contributed by atoms with Crippen molar-refractivity contribution in [1.29, 1.82) is 0 Å². The molecule has 96 valence electrons. The highest BCUT2D eigenvalue weighted by atomic mass is 16.6. The van der Waals surface area contributed by atoms with Crippen molar-refractivity contribution in [2.45, 2.75) is 58.2 Å². The van der Waals surface area contributed by atoms with Crippen molar-refractivity contribution in [1.82, 2.24) is 0 Å². The normalized spacial score (nSPS) is 41.8. The first-order chi connectivity index (χ1) is 7.93. The molecule has 0 aromatic rings. The topological polar surface area (TPSA) is 63.6 Å². The fourth-order valence-electron chi connectivity index (χ4n) is 3.33. The van der Waals surface area contributed by atoms with Gasteiger partial charge in [-0.2, -0.15) is 0 Å². The van der Waals surface area contributed by atoms with Crippen molar-refractivity contribution in [3.8, 4) is 0 Å². The van der Waals surface area contributed by atoms with Crippen molar-refractivity contribution in [2.24, 2.45) is 11.3 Å². The summed E-state index contributed by atoms with van der Waals surface area (Å²) in [6, 6.07) is 0. The SMILES string of the molecule is CC(=O)O[C@H]1CC[C@H]2CC(=O)CC[C@]2(C)[C@@H]1O. The van der Waals surface area contributed by atoms with Gasteiger partial charge in [0.15, 0.2) is 0 Å². The number of esters is 1. The average molecular weight is 240 g/mol. The predicted molar refractivity (Wildman–Crippen MR) is 61.2 cm³/mol. The van der Waals surface area contributed by atoms with Crippen LogP contribution in [0.2, 0.25) is 0 Å². The monoisotopic (exact) mass is 240 g/mol. The van der Waals surface area contributed by atoms with E-state index in [-0.39, 0.29) is 17.3 Å². The van der Waals surface area contributed by atoms with Crippen molar-refractivity contribution in [2.75, 3.05) is 0 Å². The molecule has 0 heterocycles. The van der Waals surface area contributed by atoms with Crippen LogP contribution in [0, 0.1) is 11.3 Å². The molecule has 4 nitrogen and oxygen atoms in total. The highest BCUT2D eigenvalue weighted by Crippen LogP contribution is 2.49. The van der Waals surface area contributed by atoms with Crippen LogP contribution >= 0.6 is 0 Å². The summed E-state index contributed by atoms with van der Waals surface area (Å²) in [5.41, 5.74) is -0.272. The van der Waals surface area contributed by atoms with Gasteiger partial charge in [-0.25, -0.2) is 0 Å². The number of carbonyl (C=O) groups is 2. The lowest BCUT2D eigenvalue weighted by molar-refractivity contribution is -0.176. The zero-order valence-electron chi connectivity index (χ0n) is 10.4. The van der Waals surface area contributed by atoms with E-state index in [1.54, 1.807) is 0 Å². The first-order valence-electron chi connectivity index (χ1n) is 6.30. The molecular formula is C13H20O4. The number of ether oxygens (including phenoxy) is 1. The minimum Gasteiger partial charge on any atom is -0.460 e. The van der Waals surface area contributed by atoms with Gasteiger partial charge in [-0.3, -0.25) is 9.59 Å². The first-order valence-corrected chi connectivity index (χ1v) is 6.30. The van der Waals surface area contributed by atoms with E-state index in [1.807, 2.05) is 6.92 Å². The van der Waals surface area contributed by atoms with Crippen LogP contribution in [-0.2, 0) is 14.3 Å². The fraction of sp³-hybridized carbons (Fsp3) is 0.846. The maximum absolute atomic E-state index is 11.5. The predicted octanol–water partition coefficient (Wildman–Crippen LogP) is 1.45. The number of ketones is 1. The number of carbonyl (C=O) groups excluding carboxylic acids is 2. The number of Topliss-reactive ketones (excluding diaryl/α,β-unsaturated/α-hetero) is 1. The second kappa shape index (κ2) is 4.41. The molecule has 4 atom stereocenters. The Morgan fingerprint density at radius 2 is 2.18 bits per heavy atom. The summed E-state index contributed by atoms with van der Waals surface area (Å²) in [4.78, 5) is 22.4. The Morgan fingerprint density at radius 3 is 2.82 bits per heavy atom. The second-order valence-electron chi connectivity index (χ2n) is 5.62. The number of aliphatic hydroxyl groups is 1. The summed E-state index contributed by atoms with van der Waals surface area (Å²) in [6.45, 7) is 3.38. The molecule has 0 aliphatic heterocycles. The Hall–Kier alpha value is -0.900. The molecule has 2 fully saturated rings. The van der Waals surface area contributed by atoms with Crippen molar-refractivity contribution >= 4 is 11.8 Å². The van der Waals surface area contributed by atoms with E-state index in [0.717, 1.165) is 6.42 Å². The molecule has 0 aromatic carbocycles. The number of fused-ring (bicyclic) bond motifs is 1. The van der Waals surface area contributed by atoms with Gasteiger partial charge in [0.1, 0.15) is 11.9 Å². The van der Waals surface area contributed by atoms with E-state index >= 15 is 0 Å². The molecule has 0 spiro atoms. The van der Waals surface area contributed by atoms with Crippen molar-refractivity contribution < 1.29 is 19.4 Å². The highest BCUT2D eigenvalue weighted by molar-refractivity contribution is 5.79. The average Bonchev–Trinajstić information content (AvgIpc) is 2.25. The Morgan fingerprint density at radius 1 is 1.47 bits per heavy atom. The maximum atomic E-state index is 11.5. The molecule has 2 rings (SSSR count). The number of hydrogen-bond donors (Lipinski definition) is 1. The molecule has 0 unspecified atom stereocenters. The van der Waals surface area contributed by atoms with Gasteiger partial charge in [-0.1, -0.05) is 6.92 Å². The molecular weight excluding hydrogens is 220 g/mol. The molecule has 2 saturated carbocycles. The minimum atomic E-state index is -0.641. The highest BCUT2D eigenvalue weighted by Gasteiger charge is 2.51. The summed E-state index contributed by atoms with van der Waals surface area (Å²) >= 11 is 0. The number of aliphatic hydroxyl groups excluding tert-OH is 1. The smallest absolute Gasteiger partial charge is 0.302 e. The van der Waals surface area contributed by atoms with Gasteiger partial charge in [-0.05, 0) is 25.2 Å². The summed E-state index contributed by atoms with van der Waals surface area (Å²) in [5, 5.41) is 10.4. The van der Waals surface area contributed by atoms with Gasteiger partial charge in [0.25, 0.3) is 0 Å². The molecule has 1 N–H and O–H groups in total. The lowest BCUT2D eigenvalue weighted by Gasteiger charge is -2.50. The Balaban J connectivity index is 2.13. The fourth-order valence-corrected chi connectivity index (χ4v) is 3.33. The van der Waals surface area contributed by atoms with Crippen LogP contribution in [0.1, 0.15) is 46.0 Å². The number of hydrogen-bond acceptors (Lipinski definition) is 4. The van der Waals surface area contributed by atoms with E-state index in [4.69, 9.17) is 4.74 Å². The van der Waals surface area contributed by atoms with Crippen LogP contribution in [0.3, 0.4) is 0 Å². The third-order valence-electron chi connectivity index (χ3n) is 4.49. The molecule has 0 amide bonds. The molecule has 0 saturated heterocycles. The van der Waals surface area contributed by atoms with E-state index in [1.165, 1.54) is 6.92 Å². The van der Waals surface area contributed by atoms with Gasteiger partial charge < -0.3 is 9.84 Å². The zero-order chi connectivity index (χ0) is 12.6. The van der Waals surface area contributed by atoms with Gasteiger partial charge in [0.05, 0.1) is 6.10 Å². The van der Waals surface area contributed by atoms with E-state index in [0.29, 0.717) is 31.5 Å². The molecule has 0 bridgehead atoms. The van der Waals surface area contributed by atoms with Crippen LogP contribution in [0.15, 0.2) is 0 Å². The maximum Gasteiger partial charge on any atom is 0.302 e. The molecule has 2 aliphatic rings. The van der Waals surface area contributed by atoms with E-state index < -0.39 is 12.2 Å². The van der Waals surface area contributed by atoms with E-state index in [2.05, 4.69) is 0 Å². The largest absolute Gasteiger partial charge is 0.460 e. The summed E-state index contributed by atoms with van der Waals surface area (Å²) in [7, 11) is 0. The molecule has 2 aliphatic carbocycles. The van der Waals surface area contributed by atoms with Gasteiger partial charge >= 0.3 is 5.97 Å². The standard InChI is InChI=1S/C13H20O4/c1-8(14)17-11-4-3-9-7-10(15)5-6-13(9,2)12(11)16/h9,11-12,16H,3-7H2,1-2H3/t9-,11-,12+,13-/m0/s1. The molecule has 0 radical (unpaired) electrons. The van der Waals surface area contributed by atoms with Crippen molar-refractivity contribution in [3.63, 3.8) is 0 Å². The van der Waals surface area contributed by atoms with Gasteiger partial charge in [0, 0.05) is 25.2 Å². The third kappa shape index (κ3) is 2.23. The van der Waals surface area contributed by atoms with Gasteiger partial charge in [0.2, 0.25) is 0 Å². The number of rotatable bonds is 1. The second-order valence-corrected chi connectivity index (χ2v) is 5.62. The quantitative estimate of drug-likeness (QED) is 0.705.